The number of carbonyl (C=O) groups excluding carboxylic acids is 1. The lowest BCUT2D eigenvalue weighted by atomic mass is 10.1. The summed E-state index contributed by atoms with van der Waals surface area (Å²) in [5, 5.41) is 9.06. The fourth-order valence-electron chi connectivity index (χ4n) is 3.45. The van der Waals surface area contributed by atoms with Gasteiger partial charge in [-0.2, -0.15) is 0 Å². The lowest BCUT2D eigenvalue weighted by Gasteiger charge is -2.09. The number of anilines is 2. The van der Waals surface area contributed by atoms with Crippen molar-refractivity contribution in [3.8, 4) is 11.8 Å². The van der Waals surface area contributed by atoms with Gasteiger partial charge in [-0.15, -0.1) is 0 Å². The summed E-state index contributed by atoms with van der Waals surface area (Å²) in [4.78, 5) is 25.3. The van der Waals surface area contributed by atoms with Crippen molar-refractivity contribution in [2.75, 3.05) is 17.7 Å². The van der Waals surface area contributed by atoms with E-state index in [0.717, 1.165) is 34.4 Å². The minimum absolute atomic E-state index is 0.00503. The number of rotatable bonds is 3. The van der Waals surface area contributed by atoms with Crippen LogP contribution in [-0.4, -0.2) is 27.9 Å². The second-order valence-electron chi connectivity index (χ2n) is 7.42. The molecule has 152 valence electrons. The number of amides is 1. The Morgan fingerprint density at radius 1 is 1.03 bits per heavy atom. The lowest BCUT2D eigenvalue weighted by molar-refractivity contribution is -0.117. The highest BCUT2D eigenvalue weighted by molar-refractivity contribution is 5.99. The third-order valence-electron chi connectivity index (χ3n) is 5.25. The molecule has 0 unspecified atom stereocenters. The monoisotopic (exact) mass is 411 g/mol. The Morgan fingerprint density at radius 3 is 2.71 bits per heavy atom. The Labute approximate surface area is 177 Å². The molecule has 0 saturated heterocycles. The Balaban J connectivity index is 1.59. The normalized spacial score (nSPS) is 13.0. The SMILES string of the molecule is CNc1ncc(C#Cc2nccc3cc(F)ccc23)c2cc(NC(=O)C3CC3)ncc12. The van der Waals surface area contributed by atoms with Crippen LogP contribution < -0.4 is 10.6 Å². The molecule has 0 spiro atoms. The fourth-order valence-corrected chi connectivity index (χ4v) is 3.45. The molecule has 3 heterocycles. The molecule has 0 radical (unpaired) electrons. The van der Waals surface area contributed by atoms with Crippen LogP contribution in [0.1, 0.15) is 24.1 Å². The predicted octanol–water partition coefficient (Wildman–Crippen LogP) is 4.11. The second-order valence-corrected chi connectivity index (χ2v) is 7.42. The van der Waals surface area contributed by atoms with Crippen molar-refractivity contribution in [3.05, 3.63) is 66.0 Å². The van der Waals surface area contributed by atoms with Gasteiger partial charge >= 0.3 is 0 Å². The minimum Gasteiger partial charge on any atom is -0.373 e. The smallest absolute Gasteiger partial charge is 0.228 e. The quantitative estimate of drug-likeness (QED) is 0.496. The highest BCUT2D eigenvalue weighted by Gasteiger charge is 2.29. The number of pyridine rings is 3. The summed E-state index contributed by atoms with van der Waals surface area (Å²) in [6.45, 7) is 0. The molecule has 2 N–H and O–H groups in total. The molecule has 1 aromatic carbocycles. The van der Waals surface area contributed by atoms with Gasteiger partial charge in [-0.05, 0) is 54.5 Å². The van der Waals surface area contributed by atoms with Crippen LogP contribution in [0.4, 0.5) is 16.0 Å². The standard InChI is InChI=1S/C24H18FN5O/c1-26-23-20-13-28-22(30-24(31)14-2-3-14)11-19(20)16(12-29-23)4-7-21-18-6-5-17(25)10-15(18)8-9-27-21/h5-6,8-14H,2-3H2,1H3,(H,26,29)(H,28,30,31). The molecule has 3 aromatic heterocycles. The van der Waals surface area contributed by atoms with Crippen LogP contribution in [0.5, 0.6) is 0 Å². The predicted molar refractivity (Wildman–Crippen MR) is 118 cm³/mol. The maximum atomic E-state index is 13.5. The van der Waals surface area contributed by atoms with Gasteiger partial charge in [0, 0.05) is 47.7 Å². The van der Waals surface area contributed by atoms with Gasteiger partial charge in [0.15, 0.2) is 0 Å². The van der Waals surface area contributed by atoms with Gasteiger partial charge in [0.1, 0.15) is 23.1 Å². The zero-order valence-electron chi connectivity index (χ0n) is 16.7. The van der Waals surface area contributed by atoms with Crippen molar-refractivity contribution < 1.29 is 9.18 Å². The number of benzene rings is 1. The van der Waals surface area contributed by atoms with Gasteiger partial charge < -0.3 is 10.6 Å². The molecule has 0 aliphatic heterocycles. The number of aromatic nitrogens is 3. The van der Waals surface area contributed by atoms with Gasteiger partial charge in [-0.3, -0.25) is 4.79 Å². The van der Waals surface area contributed by atoms with E-state index in [1.165, 1.54) is 12.1 Å². The molecular formula is C24H18FN5O. The van der Waals surface area contributed by atoms with E-state index in [9.17, 15) is 9.18 Å². The van der Waals surface area contributed by atoms with E-state index in [1.807, 2.05) is 6.07 Å². The van der Waals surface area contributed by atoms with Crippen LogP contribution in [0.2, 0.25) is 0 Å². The number of hydrogen-bond acceptors (Lipinski definition) is 5. The molecule has 0 bridgehead atoms. The number of halogens is 1. The van der Waals surface area contributed by atoms with E-state index >= 15 is 0 Å². The Bertz CT molecular complexity index is 1400. The van der Waals surface area contributed by atoms with Crippen molar-refractivity contribution in [2.45, 2.75) is 12.8 Å². The second kappa shape index (κ2) is 7.65. The van der Waals surface area contributed by atoms with Crippen LogP contribution in [0.3, 0.4) is 0 Å². The van der Waals surface area contributed by atoms with Crippen LogP contribution in [0.25, 0.3) is 21.5 Å². The average molecular weight is 411 g/mol. The number of fused-ring (bicyclic) bond motifs is 2. The van der Waals surface area contributed by atoms with Crippen LogP contribution in [0, 0.1) is 23.6 Å². The van der Waals surface area contributed by atoms with Crippen molar-refractivity contribution in [2.24, 2.45) is 5.92 Å². The van der Waals surface area contributed by atoms with Gasteiger partial charge in [-0.1, -0.05) is 5.92 Å². The maximum Gasteiger partial charge on any atom is 0.228 e. The molecule has 31 heavy (non-hydrogen) atoms. The Hall–Kier alpha value is -4.05. The summed E-state index contributed by atoms with van der Waals surface area (Å²) < 4.78 is 13.5. The molecule has 1 amide bonds. The maximum absolute atomic E-state index is 13.5. The summed E-state index contributed by atoms with van der Waals surface area (Å²) >= 11 is 0. The molecule has 7 heteroatoms. The molecule has 4 aromatic rings. The number of carbonyl (C=O) groups is 1. The van der Waals surface area contributed by atoms with Crippen LogP contribution >= 0.6 is 0 Å². The Morgan fingerprint density at radius 2 is 1.90 bits per heavy atom. The summed E-state index contributed by atoms with van der Waals surface area (Å²) in [5.74, 6) is 7.17. The molecule has 1 aliphatic carbocycles. The summed E-state index contributed by atoms with van der Waals surface area (Å²) in [6, 6.07) is 8.10. The Kier molecular flexibility index (Phi) is 4.68. The van der Waals surface area contributed by atoms with Crippen LogP contribution in [-0.2, 0) is 4.79 Å². The van der Waals surface area contributed by atoms with Gasteiger partial charge in [0.2, 0.25) is 5.91 Å². The topological polar surface area (TPSA) is 79.8 Å². The average Bonchev–Trinajstić information content (AvgIpc) is 3.62. The molecule has 6 nitrogen and oxygen atoms in total. The first-order valence-corrected chi connectivity index (χ1v) is 9.96. The van der Waals surface area contributed by atoms with Crippen molar-refractivity contribution in [1.82, 2.24) is 15.0 Å². The third-order valence-corrected chi connectivity index (χ3v) is 5.25. The van der Waals surface area contributed by atoms with Gasteiger partial charge in [0.25, 0.3) is 0 Å². The van der Waals surface area contributed by atoms with E-state index in [1.54, 1.807) is 37.8 Å². The summed E-state index contributed by atoms with van der Waals surface area (Å²) in [5.41, 5.74) is 1.24. The largest absolute Gasteiger partial charge is 0.373 e. The van der Waals surface area contributed by atoms with Crippen molar-refractivity contribution in [3.63, 3.8) is 0 Å². The lowest BCUT2D eigenvalue weighted by Crippen LogP contribution is -2.14. The van der Waals surface area contributed by atoms with E-state index in [4.69, 9.17) is 0 Å². The first-order chi connectivity index (χ1) is 15.1. The molecule has 1 aliphatic rings. The summed E-state index contributed by atoms with van der Waals surface area (Å²) in [7, 11) is 1.79. The number of nitrogens with one attached hydrogen (secondary N) is 2. The van der Waals surface area contributed by atoms with Crippen molar-refractivity contribution in [1.29, 1.82) is 0 Å². The van der Waals surface area contributed by atoms with Gasteiger partial charge in [-0.25, -0.2) is 19.3 Å². The minimum atomic E-state index is -0.302. The summed E-state index contributed by atoms with van der Waals surface area (Å²) in [6.07, 6.45) is 6.82. The van der Waals surface area contributed by atoms with Crippen LogP contribution in [0.15, 0.2) is 48.9 Å². The zero-order valence-corrected chi connectivity index (χ0v) is 16.7. The molecule has 1 saturated carbocycles. The first kappa shape index (κ1) is 18.9. The number of hydrogen-bond donors (Lipinski definition) is 2. The molecule has 5 rings (SSSR count). The molecule has 0 atom stereocenters. The highest BCUT2D eigenvalue weighted by atomic mass is 19.1. The first-order valence-electron chi connectivity index (χ1n) is 9.96. The van der Waals surface area contributed by atoms with E-state index in [0.29, 0.717) is 22.9 Å². The molecular weight excluding hydrogens is 393 g/mol. The van der Waals surface area contributed by atoms with Gasteiger partial charge in [0.05, 0.1) is 5.56 Å². The van der Waals surface area contributed by atoms with E-state index < -0.39 is 0 Å². The van der Waals surface area contributed by atoms with E-state index in [2.05, 4.69) is 37.4 Å². The zero-order chi connectivity index (χ0) is 21.4. The third kappa shape index (κ3) is 3.76. The van der Waals surface area contributed by atoms with E-state index in [-0.39, 0.29) is 17.6 Å². The van der Waals surface area contributed by atoms with Crippen molar-refractivity contribution >= 4 is 39.1 Å². The molecule has 1 fully saturated rings. The highest BCUT2D eigenvalue weighted by Crippen LogP contribution is 2.31. The number of nitrogens with zero attached hydrogens (tertiary/aromatic N) is 3. The fraction of sp³-hybridized carbons (Fsp3) is 0.167.